The van der Waals surface area contributed by atoms with Gasteiger partial charge in [-0.05, 0) is 66.7 Å². The lowest BCUT2D eigenvalue weighted by Crippen LogP contribution is -1.79. The molecule has 2 aromatic heterocycles. The highest BCUT2D eigenvalue weighted by Gasteiger charge is 2.11. The molecule has 0 aliphatic carbocycles. The monoisotopic (exact) mass is 484 g/mol. The first-order valence-corrected chi connectivity index (χ1v) is 10.5. The van der Waals surface area contributed by atoms with Crippen molar-refractivity contribution in [3.63, 3.8) is 0 Å². The average molecular weight is 486 g/mol. The van der Waals surface area contributed by atoms with Crippen LogP contribution in [-0.4, -0.2) is 11.2 Å². The van der Waals surface area contributed by atoms with Crippen LogP contribution in [0.25, 0.3) is 33.9 Å². The molecule has 32 heavy (non-hydrogen) atoms. The molecule has 0 aliphatic rings. The number of nitrogens with zero attached hydrogens (tertiary/aromatic N) is 2. The molecule has 158 valence electrons. The number of rotatable bonds is 4. The number of furan rings is 1. The molecule has 0 spiro atoms. The Kier molecular flexibility index (Phi) is 5.47. The zero-order chi connectivity index (χ0) is 22.2. The lowest BCUT2D eigenvalue weighted by atomic mass is 10.2. The molecule has 8 heteroatoms. The zero-order valence-corrected chi connectivity index (χ0v) is 18.4. The van der Waals surface area contributed by atoms with Gasteiger partial charge in [-0.25, -0.2) is 9.37 Å². The Morgan fingerprint density at radius 2 is 1.59 bits per heavy atom. The smallest absolute Gasteiger partial charge is 0.227 e. The number of aromatic nitrogens is 1. The minimum absolute atomic E-state index is 0.0373. The fourth-order valence-electron chi connectivity index (χ4n) is 3.11. The number of hydrogen-bond acceptors (Lipinski definition) is 4. The molecule has 0 saturated heterocycles. The highest BCUT2D eigenvalue weighted by Crippen LogP contribution is 2.31. The van der Waals surface area contributed by atoms with Crippen LogP contribution < -0.4 is 0 Å². The van der Waals surface area contributed by atoms with E-state index >= 15 is 0 Å². The normalized spacial score (nSPS) is 11.6. The van der Waals surface area contributed by atoms with E-state index in [1.165, 1.54) is 12.1 Å². The maximum Gasteiger partial charge on any atom is 0.227 e. The molecule has 0 amide bonds. The molecule has 3 aromatic carbocycles. The van der Waals surface area contributed by atoms with Gasteiger partial charge in [-0.2, -0.15) is 0 Å². The molecule has 2 heterocycles. The third-order valence-corrected chi connectivity index (χ3v) is 5.74. The van der Waals surface area contributed by atoms with Crippen LogP contribution in [-0.2, 0) is 0 Å². The van der Waals surface area contributed by atoms with E-state index < -0.39 is 5.82 Å². The van der Waals surface area contributed by atoms with E-state index in [9.17, 15) is 4.39 Å². The molecule has 0 radical (unpaired) electrons. The van der Waals surface area contributed by atoms with Crippen molar-refractivity contribution in [1.29, 1.82) is 0 Å². The number of aliphatic imine (C=N–C) groups is 1. The van der Waals surface area contributed by atoms with Crippen molar-refractivity contribution in [1.82, 2.24) is 4.98 Å². The summed E-state index contributed by atoms with van der Waals surface area (Å²) in [5, 5.41) is 0.930. The van der Waals surface area contributed by atoms with E-state index in [0.717, 1.165) is 5.56 Å². The van der Waals surface area contributed by atoms with Crippen molar-refractivity contribution >= 4 is 57.8 Å². The number of hydrogen-bond donors (Lipinski definition) is 0. The SMILES string of the molecule is Fc1ccc(-c2ccc(C=Nc3ccc4oc(-c5ccc(Cl)c(Cl)c5)nc4c3)o2)cc1Cl. The first-order valence-electron chi connectivity index (χ1n) is 9.41. The van der Waals surface area contributed by atoms with Gasteiger partial charge in [-0.1, -0.05) is 34.8 Å². The van der Waals surface area contributed by atoms with Crippen LogP contribution in [0.5, 0.6) is 0 Å². The molecule has 0 N–H and O–H groups in total. The fourth-order valence-corrected chi connectivity index (χ4v) is 3.59. The van der Waals surface area contributed by atoms with Crippen LogP contribution >= 0.6 is 34.8 Å². The summed E-state index contributed by atoms with van der Waals surface area (Å²) in [7, 11) is 0. The Balaban J connectivity index is 1.39. The molecule has 0 aliphatic heterocycles. The number of halogens is 4. The van der Waals surface area contributed by atoms with Crippen molar-refractivity contribution in [3.05, 3.63) is 93.4 Å². The lowest BCUT2D eigenvalue weighted by Gasteiger charge is -1.98. The van der Waals surface area contributed by atoms with Crippen LogP contribution in [0.3, 0.4) is 0 Å². The molecule has 0 bridgehead atoms. The highest BCUT2D eigenvalue weighted by atomic mass is 35.5. The first kappa shape index (κ1) is 20.8. The number of fused-ring (bicyclic) bond motifs is 1. The minimum atomic E-state index is -0.477. The van der Waals surface area contributed by atoms with Crippen LogP contribution in [0.1, 0.15) is 5.76 Å². The van der Waals surface area contributed by atoms with Gasteiger partial charge in [0.2, 0.25) is 5.89 Å². The van der Waals surface area contributed by atoms with Gasteiger partial charge < -0.3 is 8.83 Å². The van der Waals surface area contributed by atoms with Crippen LogP contribution in [0.2, 0.25) is 15.1 Å². The maximum absolute atomic E-state index is 13.4. The largest absolute Gasteiger partial charge is 0.455 e. The van der Waals surface area contributed by atoms with Crippen molar-refractivity contribution in [2.75, 3.05) is 0 Å². The molecule has 4 nitrogen and oxygen atoms in total. The highest BCUT2D eigenvalue weighted by molar-refractivity contribution is 6.42. The molecule has 0 atom stereocenters. The Morgan fingerprint density at radius 1 is 0.781 bits per heavy atom. The maximum atomic E-state index is 13.4. The van der Waals surface area contributed by atoms with Crippen molar-refractivity contribution in [3.8, 4) is 22.8 Å². The van der Waals surface area contributed by atoms with Crippen LogP contribution in [0, 0.1) is 5.82 Å². The van der Waals surface area contributed by atoms with Gasteiger partial charge in [-0.3, -0.25) is 4.99 Å². The van der Waals surface area contributed by atoms with E-state index in [-0.39, 0.29) is 5.02 Å². The van der Waals surface area contributed by atoms with Gasteiger partial charge in [0.25, 0.3) is 0 Å². The van der Waals surface area contributed by atoms with Crippen molar-refractivity contribution < 1.29 is 13.2 Å². The predicted molar refractivity (Wildman–Crippen MR) is 126 cm³/mol. The van der Waals surface area contributed by atoms with E-state index in [1.807, 2.05) is 6.07 Å². The second-order valence-electron chi connectivity index (χ2n) is 6.89. The van der Waals surface area contributed by atoms with Crippen LogP contribution in [0.15, 0.2) is 80.6 Å². The summed E-state index contributed by atoms with van der Waals surface area (Å²) >= 11 is 17.9. The number of benzene rings is 3. The van der Waals surface area contributed by atoms with Gasteiger partial charge >= 0.3 is 0 Å². The van der Waals surface area contributed by atoms with Gasteiger partial charge in [0.15, 0.2) is 5.58 Å². The summed E-state index contributed by atoms with van der Waals surface area (Å²) in [5.74, 6) is 1.06. The summed E-state index contributed by atoms with van der Waals surface area (Å²) in [4.78, 5) is 8.97. The Hall–Kier alpha value is -3.12. The summed E-state index contributed by atoms with van der Waals surface area (Å²) in [6.07, 6.45) is 1.59. The first-order chi connectivity index (χ1) is 15.5. The summed E-state index contributed by atoms with van der Waals surface area (Å²) < 4.78 is 24.9. The van der Waals surface area contributed by atoms with Gasteiger partial charge in [0.1, 0.15) is 22.9 Å². The quantitative estimate of drug-likeness (QED) is 0.239. The Morgan fingerprint density at radius 3 is 2.41 bits per heavy atom. The standard InChI is InChI=1S/C24H12Cl3FN2O2/c25-17-5-1-14(10-18(17)26)24-30-21-11-15(3-7-23(21)32-24)29-12-16-4-8-22(31-16)13-2-6-20(28)19(27)9-13/h1-12H. The van der Waals surface area contributed by atoms with E-state index in [0.29, 0.717) is 49.8 Å². The second kappa shape index (κ2) is 8.43. The molecule has 5 rings (SSSR count). The summed E-state index contributed by atoms with van der Waals surface area (Å²) in [5.41, 5.74) is 3.36. The summed E-state index contributed by atoms with van der Waals surface area (Å²) in [6.45, 7) is 0. The van der Waals surface area contributed by atoms with Crippen molar-refractivity contribution in [2.45, 2.75) is 0 Å². The molecular weight excluding hydrogens is 474 g/mol. The van der Waals surface area contributed by atoms with Crippen molar-refractivity contribution in [2.24, 2.45) is 4.99 Å². The Bertz CT molecular complexity index is 1490. The van der Waals surface area contributed by atoms with E-state index in [2.05, 4.69) is 9.98 Å². The third kappa shape index (κ3) is 4.15. The second-order valence-corrected chi connectivity index (χ2v) is 8.11. The molecule has 0 fully saturated rings. The minimum Gasteiger partial charge on any atom is -0.455 e. The average Bonchev–Trinajstić information content (AvgIpc) is 3.43. The molecule has 0 saturated carbocycles. The molecule has 0 unspecified atom stereocenters. The zero-order valence-electron chi connectivity index (χ0n) is 16.2. The number of oxazole rings is 1. The van der Waals surface area contributed by atoms with Gasteiger partial charge in [0, 0.05) is 11.1 Å². The fraction of sp³-hybridized carbons (Fsp3) is 0. The molecular formula is C24H12Cl3FN2O2. The lowest BCUT2D eigenvalue weighted by molar-refractivity contribution is 0.574. The van der Waals surface area contributed by atoms with Gasteiger partial charge in [-0.15, -0.1) is 0 Å². The van der Waals surface area contributed by atoms with E-state index in [1.54, 1.807) is 54.7 Å². The molecule has 5 aromatic rings. The van der Waals surface area contributed by atoms with Crippen LogP contribution in [0.4, 0.5) is 10.1 Å². The third-order valence-electron chi connectivity index (χ3n) is 4.71. The Labute approximate surface area is 196 Å². The van der Waals surface area contributed by atoms with E-state index in [4.69, 9.17) is 43.6 Å². The van der Waals surface area contributed by atoms with Gasteiger partial charge in [0.05, 0.1) is 27.0 Å². The summed E-state index contributed by atoms with van der Waals surface area (Å²) in [6, 6.07) is 18.6. The predicted octanol–water partition coefficient (Wildman–Crippen LogP) is 8.60. The topological polar surface area (TPSA) is 51.5 Å².